The first-order valence-electron chi connectivity index (χ1n) is 5.43. The van der Waals surface area contributed by atoms with E-state index in [0.717, 1.165) is 0 Å². The van der Waals surface area contributed by atoms with Crippen LogP contribution >= 0.6 is 34.8 Å². The van der Waals surface area contributed by atoms with Crippen molar-refractivity contribution in [3.05, 3.63) is 26.7 Å². The van der Waals surface area contributed by atoms with Gasteiger partial charge in [-0.2, -0.15) is 0 Å². The highest BCUT2D eigenvalue weighted by atomic mass is 35.5. The number of phenolic OH excluding ortho intramolecular Hbond substituents is 1. The van der Waals surface area contributed by atoms with E-state index < -0.39 is 5.91 Å². The van der Waals surface area contributed by atoms with E-state index in [1.807, 2.05) is 20.8 Å². The van der Waals surface area contributed by atoms with Crippen molar-refractivity contribution in [2.24, 2.45) is 5.92 Å². The van der Waals surface area contributed by atoms with Crippen molar-refractivity contribution in [3.63, 3.8) is 0 Å². The van der Waals surface area contributed by atoms with Gasteiger partial charge in [-0.3, -0.25) is 4.79 Å². The molecule has 1 rings (SSSR count). The zero-order chi connectivity index (χ0) is 14.0. The fourth-order valence-electron chi connectivity index (χ4n) is 1.24. The largest absolute Gasteiger partial charge is 0.505 e. The summed E-state index contributed by atoms with van der Waals surface area (Å²) in [5.74, 6) is -0.604. The van der Waals surface area contributed by atoms with Crippen LogP contribution in [-0.4, -0.2) is 17.1 Å². The first-order valence-corrected chi connectivity index (χ1v) is 6.56. The summed E-state index contributed by atoms with van der Waals surface area (Å²) in [5.41, 5.74) is -0.0957. The predicted molar refractivity (Wildman–Crippen MR) is 74.9 cm³/mol. The Hall–Kier alpha value is -0.640. The molecule has 18 heavy (non-hydrogen) atoms. The summed E-state index contributed by atoms with van der Waals surface area (Å²) in [6, 6.07) is 1.23. The first-order chi connectivity index (χ1) is 8.25. The van der Waals surface area contributed by atoms with E-state index in [4.69, 9.17) is 34.8 Å². The van der Waals surface area contributed by atoms with Gasteiger partial charge in [-0.15, -0.1) is 0 Å². The van der Waals surface area contributed by atoms with Crippen LogP contribution in [0.15, 0.2) is 6.07 Å². The number of hydrogen-bond acceptors (Lipinski definition) is 2. The SMILES string of the molecule is CC(C)C(C)NC(=O)c1c(O)c(Cl)cc(Cl)c1Cl. The van der Waals surface area contributed by atoms with Crippen LogP contribution in [0.25, 0.3) is 0 Å². The molecule has 0 radical (unpaired) electrons. The average Bonchev–Trinajstić information content (AvgIpc) is 2.26. The van der Waals surface area contributed by atoms with E-state index in [2.05, 4.69) is 5.32 Å². The molecule has 0 aromatic heterocycles. The van der Waals surface area contributed by atoms with Gasteiger partial charge in [0.2, 0.25) is 0 Å². The summed E-state index contributed by atoms with van der Waals surface area (Å²) in [6.07, 6.45) is 0. The molecule has 0 aliphatic rings. The Balaban J connectivity index is 3.13. The summed E-state index contributed by atoms with van der Waals surface area (Å²) in [6.45, 7) is 5.80. The number of carbonyl (C=O) groups is 1. The second-order valence-electron chi connectivity index (χ2n) is 4.38. The third-order valence-corrected chi connectivity index (χ3v) is 3.81. The van der Waals surface area contributed by atoms with E-state index in [9.17, 15) is 9.90 Å². The van der Waals surface area contributed by atoms with E-state index in [0.29, 0.717) is 0 Å². The fourth-order valence-corrected chi connectivity index (χ4v) is 1.93. The van der Waals surface area contributed by atoms with E-state index in [1.165, 1.54) is 6.07 Å². The standard InChI is InChI=1S/C12H14Cl3NO2/c1-5(2)6(3)16-12(18)9-10(15)7(13)4-8(14)11(9)17/h4-6,17H,1-3H3,(H,16,18). The Morgan fingerprint density at radius 3 is 2.28 bits per heavy atom. The van der Waals surface area contributed by atoms with Gasteiger partial charge < -0.3 is 10.4 Å². The van der Waals surface area contributed by atoms with E-state index in [-0.39, 0.29) is 38.3 Å². The Morgan fingerprint density at radius 2 is 1.78 bits per heavy atom. The highest BCUT2D eigenvalue weighted by molar-refractivity contribution is 6.45. The number of amides is 1. The summed E-state index contributed by atoms with van der Waals surface area (Å²) < 4.78 is 0. The van der Waals surface area contributed by atoms with E-state index in [1.54, 1.807) is 0 Å². The number of hydrogen-bond donors (Lipinski definition) is 2. The molecular weight excluding hydrogens is 296 g/mol. The van der Waals surface area contributed by atoms with E-state index >= 15 is 0 Å². The molecule has 0 aliphatic heterocycles. The topological polar surface area (TPSA) is 49.3 Å². The van der Waals surface area contributed by atoms with Crippen LogP contribution in [0.2, 0.25) is 15.1 Å². The van der Waals surface area contributed by atoms with Crippen molar-refractivity contribution >= 4 is 40.7 Å². The van der Waals surface area contributed by atoms with Crippen LogP contribution in [0.5, 0.6) is 5.75 Å². The maximum atomic E-state index is 12.0. The quantitative estimate of drug-likeness (QED) is 0.825. The van der Waals surface area contributed by atoms with Crippen molar-refractivity contribution < 1.29 is 9.90 Å². The smallest absolute Gasteiger partial charge is 0.256 e. The third-order valence-electron chi connectivity index (χ3n) is 2.73. The maximum Gasteiger partial charge on any atom is 0.256 e. The van der Waals surface area contributed by atoms with Crippen molar-refractivity contribution in [1.82, 2.24) is 5.32 Å². The van der Waals surface area contributed by atoms with Crippen molar-refractivity contribution in [1.29, 1.82) is 0 Å². The number of benzene rings is 1. The maximum absolute atomic E-state index is 12.0. The highest BCUT2D eigenvalue weighted by Gasteiger charge is 2.22. The third kappa shape index (κ3) is 3.22. The molecule has 0 bridgehead atoms. The van der Waals surface area contributed by atoms with Crippen molar-refractivity contribution in [3.8, 4) is 5.75 Å². The predicted octanol–water partition coefficient (Wildman–Crippen LogP) is 4.13. The average molecular weight is 311 g/mol. The molecule has 0 fully saturated rings. The zero-order valence-corrected chi connectivity index (χ0v) is 12.5. The molecule has 1 amide bonds. The summed E-state index contributed by atoms with van der Waals surface area (Å²) in [5, 5.41) is 12.6. The minimum Gasteiger partial charge on any atom is -0.505 e. The van der Waals surface area contributed by atoms with Gasteiger partial charge in [-0.05, 0) is 18.9 Å². The van der Waals surface area contributed by atoms with Crippen LogP contribution in [-0.2, 0) is 0 Å². The van der Waals surface area contributed by atoms with Crippen molar-refractivity contribution in [2.75, 3.05) is 0 Å². The van der Waals surface area contributed by atoms with Gasteiger partial charge in [0.1, 0.15) is 11.3 Å². The monoisotopic (exact) mass is 309 g/mol. The van der Waals surface area contributed by atoms with Crippen molar-refractivity contribution in [2.45, 2.75) is 26.8 Å². The van der Waals surface area contributed by atoms with Gasteiger partial charge in [-0.1, -0.05) is 48.7 Å². The molecule has 3 nitrogen and oxygen atoms in total. The first kappa shape index (κ1) is 15.4. The number of nitrogens with one attached hydrogen (secondary N) is 1. The second kappa shape index (κ2) is 6.00. The Kier molecular flexibility index (Phi) is 5.14. The number of halogens is 3. The molecule has 2 N–H and O–H groups in total. The van der Waals surface area contributed by atoms with Gasteiger partial charge >= 0.3 is 0 Å². The van der Waals surface area contributed by atoms with Crippen LogP contribution in [0.3, 0.4) is 0 Å². The lowest BCUT2D eigenvalue weighted by atomic mass is 10.1. The summed E-state index contributed by atoms with van der Waals surface area (Å²) in [4.78, 5) is 12.0. The number of carbonyl (C=O) groups excluding carboxylic acids is 1. The molecule has 0 aliphatic carbocycles. The molecule has 0 heterocycles. The molecule has 0 saturated heterocycles. The van der Waals surface area contributed by atoms with Crippen LogP contribution in [0, 0.1) is 5.92 Å². The number of phenols is 1. The zero-order valence-electron chi connectivity index (χ0n) is 10.2. The van der Waals surface area contributed by atoms with Gasteiger partial charge in [0.05, 0.1) is 15.1 Å². The Labute approximate surface area is 121 Å². The molecule has 100 valence electrons. The highest BCUT2D eigenvalue weighted by Crippen LogP contribution is 2.38. The van der Waals surface area contributed by atoms with Gasteiger partial charge in [-0.25, -0.2) is 0 Å². The lowest BCUT2D eigenvalue weighted by Crippen LogP contribution is -2.36. The lowest BCUT2D eigenvalue weighted by Gasteiger charge is -2.18. The minimum absolute atomic E-state index is 0.00739. The van der Waals surface area contributed by atoms with Gasteiger partial charge in [0, 0.05) is 6.04 Å². The normalized spacial score (nSPS) is 12.6. The van der Waals surface area contributed by atoms with Gasteiger partial charge in [0.25, 0.3) is 5.91 Å². The molecular formula is C12H14Cl3NO2. The summed E-state index contributed by atoms with van der Waals surface area (Å²) in [7, 11) is 0. The van der Waals surface area contributed by atoms with Gasteiger partial charge in [0.15, 0.2) is 0 Å². The fraction of sp³-hybridized carbons (Fsp3) is 0.417. The van der Waals surface area contributed by atoms with Crippen LogP contribution in [0.4, 0.5) is 0 Å². The molecule has 1 atom stereocenters. The molecule has 1 aromatic rings. The molecule has 1 unspecified atom stereocenters. The van der Waals surface area contributed by atoms with Crippen LogP contribution < -0.4 is 5.32 Å². The Morgan fingerprint density at radius 1 is 1.22 bits per heavy atom. The Bertz CT molecular complexity index is 449. The number of aromatic hydroxyl groups is 1. The summed E-state index contributed by atoms with van der Waals surface area (Å²) >= 11 is 17.5. The number of rotatable bonds is 3. The minimum atomic E-state index is -0.497. The molecule has 6 heteroatoms. The molecule has 1 aromatic carbocycles. The van der Waals surface area contributed by atoms with Crippen LogP contribution in [0.1, 0.15) is 31.1 Å². The second-order valence-corrected chi connectivity index (χ2v) is 5.58. The molecule has 0 saturated carbocycles. The molecule has 0 spiro atoms. The lowest BCUT2D eigenvalue weighted by molar-refractivity contribution is 0.0928.